The zero-order valence-corrected chi connectivity index (χ0v) is 17.5. The average Bonchev–Trinajstić information content (AvgIpc) is 2.99. The molecule has 3 aromatic rings. The van der Waals surface area contributed by atoms with E-state index in [0.29, 0.717) is 43.7 Å². The van der Waals surface area contributed by atoms with Crippen molar-refractivity contribution in [3.05, 3.63) is 40.2 Å². The maximum absolute atomic E-state index is 14.4. The first-order valence-corrected chi connectivity index (χ1v) is 10.1. The van der Waals surface area contributed by atoms with Gasteiger partial charge >= 0.3 is 5.97 Å². The van der Waals surface area contributed by atoms with Gasteiger partial charge in [-0.3, -0.25) is 4.79 Å². The van der Waals surface area contributed by atoms with Crippen LogP contribution in [0.15, 0.2) is 23.6 Å². The highest BCUT2D eigenvalue weighted by Crippen LogP contribution is 2.34. The number of carboxylic acid groups (broad SMARTS) is 1. The molecular formula is C19H17Cl2F2N3O2S. The number of rotatable bonds is 3. The fourth-order valence-electron chi connectivity index (χ4n) is 3.43. The van der Waals surface area contributed by atoms with E-state index in [1.54, 1.807) is 6.07 Å². The second kappa shape index (κ2) is 8.77. The Kier molecular flexibility index (Phi) is 6.55. The second-order valence-electron chi connectivity index (χ2n) is 6.71. The molecule has 29 heavy (non-hydrogen) atoms. The molecule has 4 rings (SSSR count). The average molecular weight is 460 g/mol. The van der Waals surface area contributed by atoms with Crippen molar-refractivity contribution in [2.24, 2.45) is 5.92 Å². The van der Waals surface area contributed by atoms with Crippen molar-refractivity contribution in [1.29, 1.82) is 0 Å². The summed E-state index contributed by atoms with van der Waals surface area (Å²) in [6, 6.07) is 3.71. The van der Waals surface area contributed by atoms with Crippen molar-refractivity contribution in [3.8, 4) is 11.4 Å². The Labute approximate surface area is 180 Å². The number of halogens is 4. The van der Waals surface area contributed by atoms with Crippen molar-refractivity contribution in [1.82, 2.24) is 9.97 Å². The van der Waals surface area contributed by atoms with E-state index in [-0.39, 0.29) is 34.7 Å². The highest BCUT2D eigenvalue weighted by molar-refractivity contribution is 7.17. The van der Waals surface area contributed by atoms with Crippen LogP contribution in [0, 0.1) is 17.6 Å². The molecule has 1 N–H and O–H groups in total. The Morgan fingerprint density at radius 3 is 2.76 bits per heavy atom. The SMILES string of the molecule is Cl.O=C(O)C1CCCN(c2nc(-c3cc(F)c(Cl)cc3F)nc3ccsc23)CC1. The Morgan fingerprint density at radius 2 is 2.00 bits per heavy atom. The predicted octanol–water partition coefficient (Wildman–Crippen LogP) is 5.40. The van der Waals surface area contributed by atoms with Crippen LogP contribution in [-0.2, 0) is 4.79 Å². The number of carbonyl (C=O) groups is 1. The summed E-state index contributed by atoms with van der Waals surface area (Å²) in [6.07, 6.45) is 1.83. The molecule has 1 aromatic carbocycles. The first-order chi connectivity index (χ1) is 13.4. The minimum Gasteiger partial charge on any atom is -0.481 e. The molecule has 0 amide bonds. The highest BCUT2D eigenvalue weighted by atomic mass is 35.5. The summed E-state index contributed by atoms with van der Waals surface area (Å²) in [5.41, 5.74) is 0.577. The predicted molar refractivity (Wildman–Crippen MR) is 112 cm³/mol. The molecule has 3 heterocycles. The number of benzene rings is 1. The van der Waals surface area contributed by atoms with Gasteiger partial charge in [-0.25, -0.2) is 18.7 Å². The molecule has 5 nitrogen and oxygen atoms in total. The number of aliphatic carboxylic acids is 1. The van der Waals surface area contributed by atoms with Crippen LogP contribution < -0.4 is 4.90 Å². The lowest BCUT2D eigenvalue weighted by molar-refractivity contribution is -0.142. The number of aromatic nitrogens is 2. The van der Waals surface area contributed by atoms with E-state index >= 15 is 0 Å². The molecule has 0 spiro atoms. The fraction of sp³-hybridized carbons (Fsp3) is 0.316. The molecule has 2 aromatic heterocycles. The summed E-state index contributed by atoms with van der Waals surface area (Å²) in [7, 11) is 0. The van der Waals surface area contributed by atoms with Gasteiger partial charge < -0.3 is 10.0 Å². The van der Waals surface area contributed by atoms with Crippen LogP contribution in [-0.4, -0.2) is 34.1 Å². The third-order valence-electron chi connectivity index (χ3n) is 4.91. The lowest BCUT2D eigenvalue weighted by atomic mass is 10.0. The van der Waals surface area contributed by atoms with Gasteiger partial charge in [0.1, 0.15) is 11.6 Å². The van der Waals surface area contributed by atoms with Crippen LogP contribution >= 0.6 is 35.3 Å². The molecule has 1 saturated heterocycles. The molecule has 0 radical (unpaired) electrons. The van der Waals surface area contributed by atoms with Gasteiger partial charge in [0.15, 0.2) is 11.6 Å². The summed E-state index contributed by atoms with van der Waals surface area (Å²) in [4.78, 5) is 22.3. The fourth-order valence-corrected chi connectivity index (χ4v) is 4.43. The van der Waals surface area contributed by atoms with Crippen LogP contribution in [0.3, 0.4) is 0 Å². The van der Waals surface area contributed by atoms with Crippen molar-refractivity contribution < 1.29 is 18.7 Å². The Hall–Kier alpha value is -2.03. The topological polar surface area (TPSA) is 66.3 Å². The van der Waals surface area contributed by atoms with Gasteiger partial charge in [-0.2, -0.15) is 0 Å². The van der Waals surface area contributed by atoms with Gasteiger partial charge in [-0.15, -0.1) is 23.7 Å². The van der Waals surface area contributed by atoms with Crippen LogP contribution in [0.4, 0.5) is 14.6 Å². The molecule has 1 unspecified atom stereocenters. The normalized spacial score (nSPS) is 17.1. The van der Waals surface area contributed by atoms with Crippen molar-refractivity contribution in [3.63, 3.8) is 0 Å². The minimum absolute atomic E-state index is 0. The Balaban J connectivity index is 0.00000240. The Morgan fingerprint density at radius 1 is 1.21 bits per heavy atom. The van der Waals surface area contributed by atoms with Gasteiger partial charge in [0.25, 0.3) is 0 Å². The van der Waals surface area contributed by atoms with E-state index in [9.17, 15) is 18.7 Å². The molecule has 1 fully saturated rings. The smallest absolute Gasteiger partial charge is 0.306 e. The number of hydrogen-bond donors (Lipinski definition) is 1. The summed E-state index contributed by atoms with van der Waals surface area (Å²) in [5.74, 6) is -1.91. The van der Waals surface area contributed by atoms with E-state index in [4.69, 9.17) is 11.6 Å². The maximum atomic E-state index is 14.4. The van der Waals surface area contributed by atoms with Gasteiger partial charge in [0.05, 0.1) is 26.7 Å². The van der Waals surface area contributed by atoms with Gasteiger partial charge in [-0.1, -0.05) is 11.6 Å². The van der Waals surface area contributed by atoms with Crippen LogP contribution in [0.2, 0.25) is 5.02 Å². The largest absolute Gasteiger partial charge is 0.481 e. The molecule has 0 bridgehead atoms. The molecule has 1 aliphatic heterocycles. The molecular weight excluding hydrogens is 443 g/mol. The zero-order chi connectivity index (χ0) is 19.8. The monoisotopic (exact) mass is 459 g/mol. The third kappa shape index (κ3) is 4.29. The first-order valence-electron chi connectivity index (χ1n) is 8.82. The number of carboxylic acids is 1. The maximum Gasteiger partial charge on any atom is 0.306 e. The van der Waals surface area contributed by atoms with E-state index in [1.807, 2.05) is 10.3 Å². The molecule has 1 aliphatic rings. The number of nitrogens with zero attached hydrogens (tertiary/aromatic N) is 3. The second-order valence-corrected chi connectivity index (χ2v) is 8.03. The molecule has 10 heteroatoms. The summed E-state index contributed by atoms with van der Waals surface area (Å²) in [6.45, 7) is 1.17. The zero-order valence-electron chi connectivity index (χ0n) is 15.1. The van der Waals surface area contributed by atoms with Crippen molar-refractivity contribution in [2.45, 2.75) is 19.3 Å². The number of thiophene rings is 1. The minimum atomic E-state index is -0.787. The molecule has 1 atom stereocenters. The highest BCUT2D eigenvalue weighted by Gasteiger charge is 2.25. The summed E-state index contributed by atoms with van der Waals surface area (Å²) >= 11 is 7.11. The summed E-state index contributed by atoms with van der Waals surface area (Å²) < 4.78 is 29.2. The third-order valence-corrected chi connectivity index (χ3v) is 6.10. The van der Waals surface area contributed by atoms with E-state index in [2.05, 4.69) is 9.97 Å². The van der Waals surface area contributed by atoms with Gasteiger partial charge in [0.2, 0.25) is 0 Å². The standard InChI is InChI=1S/C19H16ClF2N3O2S.ClH/c20-12-9-13(21)11(8-14(12)22)17-23-15-4-7-28-16(15)18(24-17)25-5-1-2-10(3-6-25)19(26)27;/h4,7-10H,1-3,5-6H2,(H,26,27);1H. The van der Waals surface area contributed by atoms with Gasteiger partial charge in [0, 0.05) is 13.1 Å². The van der Waals surface area contributed by atoms with Crippen LogP contribution in [0.5, 0.6) is 0 Å². The van der Waals surface area contributed by atoms with Gasteiger partial charge in [-0.05, 0) is 42.8 Å². The van der Waals surface area contributed by atoms with E-state index in [1.165, 1.54) is 11.3 Å². The van der Waals surface area contributed by atoms with Crippen LogP contribution in [0.1, 0.15) is 19.3 Å². The molecule has 0 aliphatic carbocycles. The lowest BCUT2D eigenvalue weighted by Crippen LogP contribution is -2.26. The summed E-state index contributed by atoms with van der Waals surface area (Å²) in [5, 5.41) is 10.9. The Bertz CT molecular complexity index is 1060. The van der Waals surface area contributed by atoms with Crippen molar-refractivity contribution in [2.75, 3.05) is 18.0 Å². The number of anilines is 1. The quantitative estimate of drug-likeness (QED) is 0.530. The lowest BCUT2D eigenvalue weighted by Gasteiger charge is -2.22. The molecule has 154 valence electrons. The van der Waals surface area contributed by atoms with Crippen molar-refractivity contribution >= 4 is 57.3 Å². The van der Waals surface area contributed by atoms with E-state index in [0.717, 1.165) is 16.8 Å². The number of fused-ring (bicyclic) bond motifs is 1. The molecule has 0 saturated carbocycles. The number of hydrogen-bond acceptors (Lipinski definition) is 5. The van der Waals surface area contributed by atoms with E-state index < -0.39 is 17.6 Å². The first kappa shape index (κ1) is 21.7. The van der Waals surface area contributed by atoms with Crippen LogP contribution in [0.25, 0.3) is 21.6 Å².